The lowest BCUT2D eigenvalue weighted by Gasteiger charge is -2.19. The van der Waals surface area contributed by atoms with Crippen LogP contribution in [0.5, 0.6) is 0 Å². The van der Waals surface area contributed by atoms with Crippen molar-refractivity contribution in [3.05, 3.63) is 113 Å². The van der Waals surface area contributed by atoms with Gasteiger partial charge < -0.3 is 15.4 Å². The van der Waals surface area contributed by atoms with E-state index in [2.05, 4.69) is 17.2 Å². The second-order valence-electron chi connectivity index (χ2n) is 9.05. The van der Waals surface area contributed by atoms with Crippen LogP contribution in [0.3, 0.4) is 0 Å². The molecule has 0 bridgehead atoms. The Morgan fingerprint density at radius 3 is 2.46 bits per heavy atom. The summed E-state index contributed by atoms with van der Waals surface area (Å²) in [5.74, 6) is 0.538. The molecule has 1 unspecified atom stereocenters. The molecule has 0 saturated carbocycles. The predicted molar refractivity (Wildman–Crippen MR) is 149 cm³/mol. The number of nitrogens with one attached hydrogen (secondary N) is 2. The first-order valence-corrected chi connectivity index (χ1v) is 12.8. The molecule has 0 spiro atoms. The summed E-state index contributed by atoms with van der Waals surface area (Å²) in [5, 5.41) is 14.0. The zero-order chi connectivity index (χ0) is 25.8. The van der Waals surface area contributed by atoms with Gasteiger partial charge in [-0.3, -0.25) is 4.79 Å². The molecule has 1 amide bonds. The first-order chi connectivity index (χ1) is 18.1. The largest absolute Gasteiger partial charge is 0.392 e. The number of fused-ring (bicyclic) bond motifs is 1. The van der Waals surface area contributed by atoms with Gasteiger partial charge in [0.25, 0.3) is 5.91 Å². The van der Waals surface area contributed by atoms with E-state index in [-0.39, 0.29) is 18.6 Å². The number of nitrogens with zero attached hydrogens (tertiary/aromatic N) is 1. The highest BCUT2D eigenvalue weighted by molar-refractivity contribution is 6.31. The van der Waals surface area contributed by atoms with Crippen molar-refractivity contribution >= 4 is 28.5 Å². The maximum atomic E-state index is 13.2. The lowest BCUT2D eigenvalue weighted by atomic mass is 9.93. The first kappa shape index (κ1) is 24.8. The molecule has 3 N–H and O–H groups in total. The number of aliphatic hydroxyl groups excluding tert-OH is 1. The molecule has 186 valence electrons. The van der Waals surface area contributed by atoms with Crippen LogP contribution in [-0.2, 0) is 6.61 Å². The summed E-state index contributed by atoms with van der Waals surface area (Å²) < 4.78 is 0. The number of carbonyl (C=O) groups excluding carboxylic acids is 1. The molecule has 0 radical (unpaired) electrons. The van der Waals surface area contributed by atoms with Crippen LogP contribution in [0, 0.1) is 0 Å². The lowest BCUT2D eigenvalue weighted by Crippen LogP contribution is -2.28. The highest BCUT2D eigenvalue weighted by Crippen LogP contribution is 2.36. The number of hydrogen-bond donors (Lipinski definition) is 3. The highest BCUT2D eigenvalue weighted by atomic mass is 35.5. The molecule has 4 aromatic carbocycles. The van der Waals surface area contributed by atoms with Crippen LogP contribution in [0.2, 0.25) is 5.02 Å². The summed E-state index contributed by atoms with van der Waals surface area (Å²) >= 11 is 6.40. The van der Waals surface area contributed by atoms with Gasteiger partial charge >= 0.3 is 0 Å². The Labute approximate surface area is 221 Å². The Kier molecular flexibility index (Phi) is 7.35. The van der Waals surface area contributed by atoms with Crippen LogP contribution in [0.4, 0.5) is 0 Å². The fourth-order valence-electron chi connectivity index (χ4n) is 4.69. The molecular weight excluding hydrogens is 482 g/mol. The minimum atomic E-state index is -0.223. The molecule has 6 heteroatoms. The standard InChI is InChI=1S/C31H28ClN3O2/c1-2-8-27(20-9-4-3-5-10-20)35-31(37)21-13-15-24(22(17-21)19-36)26-18-23(32)14-16-25(26)30-33-28-11-6-7-12-29(28)34-30/h3-7,9-18,27,36H,2,8,19H2,1H3,(H,33,34)(H,35,37). The molecule has 0 aliphatic heterocycles. The number of carbonyl (C=O) groups is 1. The number of para-hydroxylation sites is 2. The molecule has 0 saturated heterocycles. The van der Waals surface area contributed by atoms with Crippen molar-refractivity contribution in [3.63, 3.8) is 0 Å². The van der Waals surface area contributed by atoms with Gasteiger partial charge in [0.05, 0.1) is 23.7 Å². The summed E-state index contributed by atoms with van der Waals surface area (Å²) in [6.45, 7) is 1.88. The van der Waals surface area contributed by atoms with Gasteiger partial charge in [0.15, 0.2) is 0 Å². The van der Waals surface area contributed by atoms with Gasteiger partial charge in [0, 0.05) is 16.1 Å². The van der Waals surface area contributed by atoms with E-state index in [0.717, 1.165) is 46.1 Å². The Morgan fingerprint density at radius 2 is 1.70 bits per heavy atom. The monoisotopic (exact) mass is 509 g/mol. The lowest BCUT2D eigenvalue weighted by molar-refractivity contribution is 0.0934. The van der Waals surface area contributed by atoms with Crippen molar-refractivity contribution in [1.82, 2.24) is 15.3 Å². The molecule has 0 fully saturated rings. The summed E-state index contributed by atoms with van der Waals surface area (Å²) in [5.41, 5.74) is 6.50. The summed E-state index contributed by atoms with van der Waals surface area (Å²) in [7, 11) is 0. The first-order valence-electron chi connectivity index (χ1n) is 12.4. The number of rotatable bonds is 8. The molecule has 5 rings (SSSR count). The van der Waals surface area contributed by atoms with Crippen LogP contribution >= 0.6 is 11.6 Å². The van der Waals surface area contributed by atoms with Gasteiger partial charge in [-0.05, 0) is 71.1 Å². The van der Waals surface area contributed by atoms with Crippen molar-refractivity contribution < 1.29 is 9.90 Å². The highest BCUT2D eigenvalue weighted by Gasteiger charge is 2.19. The molecule has 1 aromatic heterocycles. The van der Waals surface area contributed by atoms with Crippen molar-refractivity contribution in [2.24, 2.45) is 0 Å². The van der Waals surface area contributed by atoms with Crippen LogP contribution in [0.1, 0.15) is 47.3 Å². The molecule has 37 heavy (non-hydrogen) atoms. The molecule has 1 atom stereocenters. The van der Waals surface area contributed by atoms with Crippen molar-refractivity contribution in [2.75, 3.05) is 0 Å². The van der Waals surface area contributed by atoms with Gasteiger partial charge in [0.2, 0.25) is 0 Å². The Bertz CT molecular complexity index is 1510. The van der Waals surface area contributed by atoms with E-state index in [9.17, 15) is 9.90 Å². The number of benzene rings is 4. The third kappa shape index (κ3) is 5.29. The summed E-state index contributed by atoms with van der Waals surface area (Å²) in [4.78, 5) is 21.4. The number of aromatic nitrogens is 2. The van der Waals surface area contributed by atoms with E-state index in [1.54, 1.807) is 12.1 Å². The average Bonchev–Trinajstić information content (AvgIpc) is 3.37. The quantitative estimate of drug-likeness (QED) is 0.205. The van der Waals surface area contributed by atoms with Crippen LogP contribution in [0.25, 0.3) is 33.5 Å². The molecule has 5 aromatic rings. The predicted octanol–water partition coefficient (Wildman–Crippen LogP) is 7.31. The Balaban J connectivity index is 1.50. The number of aromatic amines is 1. The van der Waals surface area contributed by atoms with E-state index in [1.807, 2.05) is 78.9 Å². The second-order valence-corrected chi connectivity index (χ2v) is 9.48. The van der Waals surface area contributed by atoms with E-state index in [4.69, 9.17) is 16.6 Å². The number of aliphatic hydroxyl groups is 1. The van der Waals surface area contributed by atoms with Gasteiger partial charge in [-0.15, -0.1) is 0 Å². The zero-order valence-electron chi connectivity index (χ0n) is 20.5. The maximum absolute atomic E-state index is 13.2. The van der Waals surface area contributed by atoms with Crippen LogP contribution in [0.15, 0.2) is 91.0 Å². The Hall–Kier alpha value is -3.93. The molecule has 0 aliphatic carbocycles. The summed E-state index contributed by atoms with van der Waals surface area (Å²) in [6, 6.07) is 28.8. The topological polar surface area (TPSA) is 78.0 Å². The van der Waals surface area contributed by atoms with E-state index >= 15 is 0 Å². The third-order valence-corrected chi connectivity index (χ3v) is 6.77. The van der Waals surface area contributed by atoms with Gasteiger partial charge in [0.1, 0.15) is 5.82 Å². The van der Waals surface area contributed by atoms with Crippen LogP contribution < -0.4 is 5.32 Å². The van der Waals surface area contributed by atoms with Gasteiger partial charge in [-0.1, -0.05) is 73.5 Å². The number of amides is 1. The second kappa shape index (κ2) is 11.0. The van der Waals surface area contributed by atoms with Crippen molar-refractivity contribution in [2.45, 2.75) is 32.4 Å². The smallest absolute Gasteiger partial charge is 0.251 e. The van der Waals surface area contributed by atoms with E-state index in [0.29, 0.717) is 22.0 Å². The van der Waals surface area contributed by atoms with Gasteiger partial charge in [-0.2, -0.15) is 0 Å². The summed E-state index contributed by atoms with van der Waals surface area (Å²) in [6.07, 6.45) is 1.78. The normalized spacial score (nSPS) is 12.0. The van der Waals surface area contributed by atoms with Crippen molar-refractivity contribution in [1.29, 1.82) is 0 Å². The third-order valence-electron chi connectivity index (χ3n) is 6.54. The van der Waals surface area contributed by atoms with Crippen LogP contribution in [-0.4, -0.2) is 21.0 Å². The SMILES string of the molecule is CCCC(NC(=O)c1ccc(-c2cc(Cl)ccc2-c2nc3ccccc3[nH]2)c(CO)c1)c1ccccc1. The number of imidazole rings is 1. The number of H-pyrrole nitrogens is 1. The molecule has 1 heterocycles. The Morgan fingerprint density at radius 1 is 0.946 bits per heavy atom. The minimum Gasteiger partial charge on any atom is -0.392 e. The number of halogens is 1. The maximum Gasteiger partial charge on any atom is 0.251 e. The van der Waals surface area contributed by atoms with E-state index in [1.165, 1.54) is 0 Å². The molecular formula is C31H28ClN3O2. The fourth-order valence-corrected chi connectivity index (χ4v) is 4.86. The van der Waals surface area contributed by atoms with Gasteiger partial charge in [-0.25, -0.2) is 4.98 Å². The zero-order valence-corrected chi connectivity index (χ0v) is 21.3. The molecule has 0 aliphatic rings. The average molecular weight is 510 g/mol. The molecule has 5 nitrogen and oxygen atoms in total. The number of hydrogen-bond acceptors (Lipinski definition) is 3. The van der Waals surface area contributed by atoms with Crippen molar-refractivity contribution in [3.8, 4) is 22.5 Å². The fraction of sp³-hybridized carbons (Fsp3) is 0.161. The minimum absolute atomic E-state index is 0.0800. The van der Waals surface area contributed by atoms with E-state index < -0.39 is 0 Å².